The van der Waals surface area contributed by atoms with Crippen LogP contribution in [0.15, 0.2) is 12.7 Å². The first kappa shape index (κ1) is 16.7. The van der Waals surface area contributed by atoms with Crippen molar-refractivity contribution in [2.45, 2.75) is 77.4 Å². The normalized spacial score (nSPS) is 23.9. The standard InChI is InChI=1S/C17H33NO/c1-4-7-8-9-10-11-16(18-5-2)12-15-13-17(14-15)19-6-3/h4,15-18H,1,5-14H2,2-3H3. The second kappa shape index (κ2) is 10.4. The Morgan fingerprint density at radius 1 is 1.26 bits per heavy atom. The van der Waals surface area contributed by atoms with Crippen molar-refractivity contribution in [3.05, 3.63) is 12.7 Å². The van der Waals surface area contributed by atoms with E-state index in [2.05, 4.69) is 25.7 Å². The van der Waals surface area contributed by atoms with Crippen LogP contribution in [-0.2, 0) is 4.74 Å². The topological polar surface area (TPSA) is 21.3 Å². The third-order valence-electron chi connectivity index (χ3n) is 4.17. The van der Waals surface area contributed by atoms with E-state index in [1.165, 1.54) is 51.4 Å². The van der Waals surface area contributed by atoms with Gasteiger partial charge in [0.05, 0.1) is 6.10 Å². The zero-order chi connectivity index (χ0) is 13.9. The first-order chi connectivity index (χ1) is 9.30. The van der Waals surface area contributed by atoms with E-state index >= 15 is 0 Å². The molecule has 2 heteroatoms. The maximum Gasteiger partial charge on any atom is 0.0580 e. The Balaban J connectivity index is 2.09. The number of ether oxygens (including phenoxy) is 1. The Labute approximate surface area is 120 Å². The molecule has 0 aromatic rings. The molecule has 1 saturated carbocycles. The predicted molar refractivity (Wildman–Crippen MR) is 83.5 cm³/mol. The van der Waals surface area contributed by atoms with Crippen LogP contribution in [0, 0.1) is 5.92 Å². The van der Waals surface area contributed by atoms with Gasteiger partial charge in [0.1, 0.15) is 0 Å². The number of hydrogen-bond donors (Lipinski definition) is 1. The van der Waals surface area contributed by atoms with Crippen LogP contribution in [0.3, 0.4) is 0 Å². The van der Waals surface area contributed by atoms with E-state index < -0.39 is 0 Å². The minimum atomic E-state index is 0.560. The van der Waals surface area contributed by atoms with Crippen LogP contribution < -0.4 is 5.32 Å². The fraction of sp³-hybridized carbons (Fsp3) is 0.882. The summed E-state index contributed by atoms with van der Waals surface area (Å²) in [6.45, 7) is 10.1. The highest BCUT2D eigenvalue weighted by Gasteiger charge is 2.30. The van der Waals surface area contributed by atoms with Gasteiger partial charge in [0.25, 0.3) is 0 Å². The SMILES string of the molecule is C=CCCCCCC(CC1CC(OCC)C1)NCC. The largest absolute Gasteiger partial charge is 0.378 e. The lowest BCUT2D eigenvalue weighted by atomic mass is 9.77. The Bertz CT molecular complexity index is 223. The summed E-state index contributed by atoms with van der Waals surface area (Å²) in [5.74, 6) is 0.897. The molecule has 1 aliphatic carbocycles. The van der Waals surface area contributed by atoms with E-state index in [1.54, 1.807) is 0 Å². The van der Waals surface area contributed by atoms with Crippen molar-refractivity contribution in [1.82, 2.24) is 5.32 Å². The predicted octanol–water partition coefficient (Wildman–Crippen LogP) is 4.31. The van der Waals surface area contributed by atoms with E-state index in [0.717, 1.165) is 25.1 Å². The van der Waals surface area contributed by atoms with Crippen molar-refractivity contribution >= 4 is 0 Å². The van der Waals surface area contributed by atoms with Gasteiger partial charge < -0.3 is 10.1 Å². The van der Waals surface area contributed by atoms with Crippen LogP contribution in [0.4, 0.5) is 0 Å². The van der Waals surface area contributed by atoms with Gasteiger partial charge in [-0.3, -0.25) is 0 Å². The van der Waals surface area contributed by atoms with Gasteiger partial charge in [-0.15, -0.1) is 6.58 Å². The summed E-state index contributed by atoms with van der Waals surface area (Å²) < 4.78 is 5.65. The summed E-state index contributed by atoms with van der Waals surface area (Å²) in [7, 11) is 0. The minimum Gasteiger partial charge on any atom is -0.378 e. The average Bonchev–Trinajstić information content (AvgIpc) is 2.36. The van der Waals surface area contributed by atoms with Crippen molar-refractivity contribution in [2.24, 2.45) is 5.92 Å². The summed E-state index contributed by atoms with van der Waals surface area (Å²) in [6, 6.07) is 0.723. The van der Waals surface area contributed by atoms with Gasteiger partial charge in [0.2, 0.25) is 0 Å². The van der Waals surface area contributed by atoms with Gasteiger partial charge in [-0.05, 0) is 57.9 Å². The molecule has 0 radical (unpaired) electrons. The molecule has 0 bridgehead atoms. The highest BCUT2D eigenvalue weighted by molar-refractivity contribution is 4.84. The molecule has 19 heavy (non-hydrogen) atoms. The van der Waals surface area contributed by atoms with Crippen molar-refractivity contribution in [3.63, 3.8) is 0 Å². The Kier molecular flexibility index (Phi) is 9.19. The van der Waals surface area contributed by atoms with Crippen molar-refractivity contribution < 1.29 is 4.74 Å². The maximum absolute atomic E-state index is 5.65. The van der Waals surface area contributed by atoms with Gasteiger partial charge in [-0.1, -0.05) is 25.8 Å². The second-order valence-corrected chi connectivity index (χ2v) is 5.83. The third kappa shape index (κ3) is 7.12. The molecule has 2 nitrogen and oxygen atoms in total. The van der Waals surface area contributed by atoms with E-state index in [9.17, 15) is 0 Å². The summed E-state index contributed by atoms with van der Waals surface area (Å²) >= 11 is 0. The minimum absolute atomic E-state index is 0.560. The fourth-order valence-corrected chi connectivity index (χ4v) is 3.09. The number of allylic oxidation sites excluding steroid dienone is 1. The van der Waals surface area contributed by atoms with Crippen molar-refractivity contribution in [2.75, 3.05) is 13.2 Å². The Morgan fingerprint density at radius 3 is 2.68 bits per heavy atom. The lowest BCUT2D eigenvalue weighted by Crippen LogP contribution is -2.38. The first-order valence-electron chi connectivity index (χ1n) is 8.26. The smallest absolute Gasteiger partial charge is 0.0580 e. The lowest BCUT2D eigenvalue weighted by molar-refractivity contribution is -0.0292. The molecule has 0 spiro atoms. The van der Waals surface area contributed by atoms with E-state index in [4.69, 9.17) is 4.74 Å². The van der Waals surface area contributed by atoms with Crippen LogP contribution in [0.1, 0.15) is 65.2 Å². The molecule has 0 aromatic carbocycles. The molecular weight excluding hydrogens is 234 g/mol. The molecule has 1 fully saturated rings. The van der Waals surface area contributed by atoms with E-state index in [-0.39, 0.29) is 0 Å². The van der Waals surface area contributed by atoms with Gasteiger partial charge in [0, 0.05) is 12.6 Å². The Hall–Kier alpha value is -0.340. The van der Waals surface area contributed by atoms with Crippen LogP contribution in [-0.4, -0.2) is 25.3 Å². The molecular formula is C17H33NO. The highest BCUT2D eigenvalue weighted by Crippen LogP contribution is 2.34. The first-order valence-corrected chi connectivity index (χ1v) is 8.26. The van der Waals surface area contributed by atoms with Crippen molar-refractivity contribution in [1.29, 1.82) is 0 Å². The molecule has 0 heterocycles. The quantitative estimate of drug-likeness (QED) is 0.420. The zero-order valence-electron chi connectivity index (χ0n) is 13.0. The van der Waals surface area contributed by atoms with E-state index in [1.807, 2.05) is 6.08 Å². The molecule has 1 atom stereocenters. The van der Waals surface area contributed by atoms with Crippen LogP contribution in [0.5, 0.6) is 0 Å². The number of hydrogen-bond acceptors (Lipinski definition) is 2. The van der Waals surface area contributed by atoms with Crippen molar-refractivity contribution in [3.8, 4) is 0 Å². The van der Waals surface area contributed by atoms with Crippen LogP contribution in [0.25, 0.3) is 0 Å². The number of unbranched alkanes of at least 4 members (excludes halogenated alkanes) is 3. The second-order valence-electron chi connectivity index (χ2n) is 5.83. The summed E-state index contributed by atoms with van der Waals surface area (Å²) in [6.07, 6.45) is 13.0. The van der Waals surface area contributed by atoms with Crippen LogP contribution in [0.2, 0.25) is 0 Å². The molecule has 0 aliphatic heterocycles. The molecule has 0 aromatic heterocycles. The zero-order valence-corrected chi connectivity index (χ0v) is 13.0. The molecule has 1 N–H and O–H groups in total. The van der Waals surface area contributed by atoms with Gasteiger partial charge in [0.15, 0.2) is 0 Å². The molecule has 1 rings (SSSR count). The summed E-state index contributed by atoms with van der Waals surface area (Å²) in [4.78, 5) is 0. The van der Waals surface area contributed by atoms with Gasteiger partial charge >= 0.3 is 0 Å². The molecule has 0 amide bonds. The maximum atomic E-state index is 5.65. The Morgan fingerprint density at radius 2 is 2.05 bits per heavy atom. The molecule has 1 aliphatic rings. The monoisotopic (exact) mass is 267 g/mol. The molecule has 0 saturated heterocycles. The van der Waals surface area contributed by atoms with Gasteiger partial charge in [-0.2, -0.15) is 0 Å². The van der Waals surface area contributed by atoms with Gasteiger partial charge in [-0.25, -0.2) is 0 Å². The highest BCUT2D eigenvalue weighted by atomic mass is 16.5. The van der Waals surface area contributed by atoms with E-state index in [0.29, 0.717) is 6.10 Å². The molecule has 112 valence electrons. The number of rotatable bonds is 12. The third-order valence-corrected chi connectivity index (χ3v) is 4.17. The number of nitrogens with one attached hydrogen (secondary N) is 1. The summed E-state index contributed by atoms with van der Waals surface area (Å²) in [5, 5.41) is 3.66. The van der Waals surface area contributed by atoms with Crippen LogP contribution >= 0.6 is 0 Å². The molecule has 1 unspecified atom stereocenters. The summed E-state index contributed by atoms with van der Waals surface area (Å²) in [5.41, 5.74) is 0. The fourth-order valence-electron chi connectivity index (χ4n) is 3.09. The average molecular weight is 267 g/mol. The lowest BCUT2D eigenvalue weighted by Gasteiger charge is -2.37.